The average molecular weight is 661 g/mol. The highest BCUT2D eigenvalue weighted by atomic mass is 32.2. The molecule has 1 rings (SSSR count). The van der Waals surface area contributed by atoms with E-state index in [1.165, 1.54) is 217 Å². The molecule has 264 valence electrons. The predicted molar refractivity (Wildman–Crippen MR) is 212 cm³/mol. The maximum Gasteiger partial charge on any atom is 0.0115 e. The lowest BCUT2D eigenvalue weighted by Crippen LogP contribution is -1.94. The summed E-state index contributed by atoms with van der Waals surface area (Å²) in [7, 11) is 0. The number of hydrogen-bond donors (Lipinski definition) is 0. The third kappa shape index (κ3) is 27.6. The molecule has 45 heavy (non-hydrogen) atoms. The van der Waals surface area contributed by atoms with Gasteiger partial charge in [-0.3, -0.25) is 0 Å². The van der Waals surface area contributed by atoms with Gasteiger partial charge in [-0.05, 0) is 48.5 Å². The lowest BCUT2D eigenvalue weighted by molar-refractivity contribution is 0.535. The lowest BCUT2D eigenvalue weighted by atomic mass is 10.0. The fourth-order valence-corrected chi connectivity index (χ4v) is 8.95. The molecule has 0 aliphatic heterocycles. The monoisotopic (exact) mass is 661 g/mol. The van der Waals surface area contributed by atoms with E-state index < -0.39 is 0 Å². The number of thioether (sulfide) groups is 2. The molecular formula is C43H80S2. The Balaban J connectivity index is 2.03. The van der Waals surface area contributed by atoms with E-state index in [1.54, 1.807) is 15.4 Å². The van der Waals surface area contributed by atoms with Crippen molar-refractivity contribution >= 4 is 23.5 Å². The van der Waals surface area contributed by atoms with E-state index >= 15 is 0 Å². The molecule has 0 atom stereocenters. The van der Waals surface area contributed by atoms with E-state index in [1.807, 2.05) is 0 Å². The smallest absolute Gasteiger partial charge is 0.0115 e. The van der Waals surface area contributed by atoms with Crippen LogP contribution in [0.5, 0.6) is 0 Å². The highest BCUT2D eigenvalue weighted by molar-refractivity contribution is 8.00. The van der Waals surface area contributed by atoms with E-state index in [2.05, 4.69) is 62.5 Å². The Labute approximate surface area is 293 Å². The predicted octanol–water partition coefficient (Wildman–Crippen LogP) is 16.6. The number of rotatable bonds is 36. The summed E-state index contributed by atoms with van der Waals surface area (Å²) in [5, 5.41) is 0. The maximum absolute atomic E-state index is 2.40. The van der Waals surface area contributed by atoms with Crippen molar-refractivity contribution in [1.82, 2.24) is 0 Å². The second-order valence-electron chi connectivity index (χ2n) is 14.1. The molecule has 0 aliphatic carbocycles. The van der Waals surface area contributed by atoms with Gasteiger partial charge >= 0.3 is 0 Å². The number of hydrogen-bond acceptors (Lipinski definition) is 2. The number of benzene rings is 1. The summed E-state index contributed by atoms with van der Waals surface area (Å²) in [5.74, 6) is 2.59. The Morgan fingerprint density at radius 1 is 0.333 bits per heavy atom. The van der Waals surface area contributed by atoms with E-state index in [0.717, 1.165) is 0 Å². The lowest BCUT2D eigenvalue weighted by Gasteiger charge is -2.14. The van der Waals surface area contributed by atoms with Crippen molar-refractivity contribution in [3.05, 3.63) is 23.8 Å². The summed E-state index contributed by atoms with van der Waals surface area (Å²) in [6.07, 6.45) is 45.9. The Morgan fingerprint density at radius 2 is 0.600 bits per heavy atom. The molecule has 0 fully saturated rings. The zero-order valence-corrected chi connectivity index (χ0v) is 32.7. The van der Waals surface area contributed by atoms with Gasteiger partial charge in [-0.25, -0.2) is 0 Å². The van der Waals surface area contributed by atoms with Gasteiger partial charge in [0.1, 0.15) is 0 Å². The van der Waals surface area contributed by atoms with E-state index in [9.17, 15) is 0 Å². The molecule has 0 saturated carbocycles. The van der Waals surface area contributed by atoms with Gasteiger partial charge in [0.05, 0.1) is 0 Å². The van der Waals surface area contributed by atoms with Crippen LogP contribution in [-0.4, -0.2) is 11.5 Å². The van der Waals surface area contributed by atoms with Crippen molar-refractivity contribution in [3.63, 3.8) is 0 Å². The van der Waals surface area contributed by atoms with Crippen LogP contribution in [0.2, 0.25) is 0 Å². The first-order valence-electron chi connectivity index (χ1n) is 20.7. The SMILES string of the molecule is CCCCCCCCCCCCCCCCCSc1cccc(SCCCCCCCCCCCCCCCCC)c1CCC. The molecule has 0 amide bonds. The van der Waals surface area contributed by atoms with Crippen LogP contribution < -0.4 is 0 Å². The molecular weight excluding hydrogens is 581 g/mol. The second-order valence-corrected chi connectivity index (χ2v) is 16.4. The largest absolute Gasteiger partial charge is 0.126 e. The fourth-order valence-electron chi connectivity index (χ4n) is 6.62. The van der Waals surface area contributed by atoms with Crippen molar-refractivity contribution in [2.45, 2.75) is 236 Å². The van der Waals surface area contributed by atoms with Gasteiger partial charge in [-0.15, -0.1) is 23.5 Å². The molecule has 0 aromatic heterocycles. The molecule has 0 bridgehead atoms. The molecule has 2 heteroatoms. The first-order chi connectivity index (χ1) is 22.3. The quantitative estimate of drug-likeness (QED) is 0.0519. The van der Waals surface area contributed by atoms with Crippen molar-refractivity contribution in [2.24, 2.45) is 0 Å². The first-order valence-corrected chi connectivity index (χ1v) is 22.7. The van der Waals surface area contributed by atoms with E-state index in [4.69, 9.17) is 0 Å². The molecule has 1 aromatic carbocycles. The number of unbranched alkanes of at least 4 members (excludes halogenated alkanes) is 28. The van der Waals surface area contributed by atoms with Crippen molar-refractivity contribution in [3.8, 4) is 0 Å². The van der Waals surface area contributed by atoms with Gasteiger partial charge in [0.25, 0.3) is 0 Å². The summed E-state index contributed by atoms with van der Waals surface area (Å²) < 4.78 is 0. The Bertz CT molecular complexity index is 660. The molecule has 0 saturated heterocycles. The topological polar surface area (TPSA) is 0 Å². The van der Waals surface area contributed by atoms with Crippen LogP contribution in [0.3, 0.4) is 0 Å². The van der Waals surface area contributed by atoms with Crippen LogP contribution in [0.25, 0.3) is 0 Å². The van der Waals surface area contributed by atoms with Gasteiger partial charge in [0.15, 0.2) is 0 Å². The van der Waals surface area contributed by atoms with Gasteiger partial charge in [-0.1, -0.05) is 213 Å². The Hall–Kier alpha value is -0.0800. The summed E-state index contributed by atoms with van der Waals surface area (Å²) in [6, 6.07) is 7.12. The molecule has 0 nitrogen and oxygen atoms in total. The summed E-state index contributed by atoms with van der Waals surface area (Å²) in [4.78, 5) is 3.15. The van der Waals surface area contributed by atoms with E-state index in [0.29, 0.717) is 0 Å². The molecule has 0 N–H and O–H groups in total. The highest BCUT2D eigenvalue weighted by Gasteiger charge is 2.09. The molecule has 0 unspecified atom stereocenters. The van der Waals surface area contributed by atoms with Crippen LogP contribution in [0.1, 0.15) is 225 Å². The van der Waals surface area contributed by atoms with Gasteiger partial charge in [0, 0.05) is 9.79 Å². The van der Waals surface area contributed by atoms with E-state index in [-0.39, 0.29) is 0 Å². The standard InChI is InChI=1S/C43H80S2/c1-4-7-9-11-13-15-17-19-21-23-25-27-29-31-33-39-44-42-37-35-38-43(41(42)36-6-3)45-40-34-32-30-28-26-24-22-20-18-16-14-12-10-8-5-2/h35,37-38H,4-34,36,39-40H2,1-3H3. The van der Waals surface area contributed by atoms with Gasteiger partial charge < -0.3 is 0 Å². The molecule has 0 aliphatic rings. The fraction of sp³-hybridized carbons (Fsp3) is 0.860. The second kappa shape index (κ2) is 35.2. The first kappa shape index (κ1) is 42.9. The normalized spacial score (nSPS) is 11.5. The van der Waals surface area contributed by atoms with Crippen molar-refractivity contribution in [2.75, 3.05) is 11.5 Å². The van der Waals surface area contributed by atoms with Crippen LogP contribution in [0.4, 0.5) is 0 Å². The third-order valence-electron chi connectivity index (χ3n) is 9.60. The maximum atomic E-state index is 2.40. The average Bonchev–Trinajstić information content (AvgIpc) is 3.05. The molecule has 0 heterocycles. The summed E-state index contributed by atoms with van der Waals surface area (Å²) >= 11 is 4.28. The van der Waals surface area contributed by atoms with Crippen LogP contribution in [0.15, 0.2) is 28.0 Å². The van der Waals surface area contributed by atoms with Crippen molar-refractivity contribution < 1.29 is 0 Å². The third-order valence-corrected chi connectivity index (χ3v) is 12.0. The Morgan fingerprint density at radius 3 is 0.867 bits per heavy atom. The molecule has 0 spiro atoms. The molecule has 1 aromatic rings. The summed E-state index contributed by atoms with van der Waals surface area (Å²) in [6.45, 7) is 6.96. The minimum Gasteiger partial charge on any atom is -0.126 e. The van der Waals surface area contributed by atoms with Crippen LogP contribution in [-0.2, 0) is 6.42 Å². The zero-order chi connectivity index (χ0) is 32.3. The van der Waals surface area contributed by atoms with Crippen LogP contribution in [0, 0.1) is 0 Å². The zero-order valence-electron chi connectivity index (χ0n) is 31.1. The van der Waals surface area contributed by atoms with Crippen LogP contribution >= 0.6 is 23.5 Å². The minimum atomic E-state index is 1.24. The minimum absolute atomic E-state index is 1.24. The van der Waals surface area contributed by atoms with Gasteiger partial charge in [-0.2, -0.15) is 0 Å². The highest BCUT2D eigenvalue weighted by Crippen LogP contribution is 2.33. The summed E-state index contributed by atoms with van der Waals surface area (Å²) in [5.41, 5.74) is 1.65. The van der Waals surface area contributed by atoms with Gasteiger partial charge in [0.2, 0.25) is 0 Å². The Kier molecular flexibility index (Phi) is 33.6. The molecule has 0 radical (unpaired) electrons. The van der Waals surface area contributed by atoms with Crippen molar-refractivity contribution in [1.29, 1.82) is 0 Å².